The molecule has 0 bridgehead atoms. The van der Waals surface area contributed by atoms with E-state index >= 15 is 0 Å². The van der Waals surface area contributed by atoms with Gasteiger partial charge in [-0.3, -0.25) is 0 Å². The molecule has 2 rings (SSSR count). The Balaban J connectivity index is 2.45. The zero-order valence-electron chi connectivity index (χ0n) is 9.28. The second-order valence-corrected chi connectivity index (χ2v) is 4.58. The van der Waals surface area contributed by atoms with Gasteiger partial charge >= 0.3 is 0 Å². The summed E-state index contributed by atoms with van der Waals surface area (Å²) in [4.78, 5) is 4.29. The minimum atomic E-state index is 0.164. The fourth-order valence-electron chi connectivity index (χ4n) is 1.71. The summed E-state index contributed by atoms with van der Waals surface area (Å²) < 4.78 is 0.995. The molecule has 0 amide bonds. The molecule has 0 spiro atoms. The highest BCUT2D eigenvalue weighted by Gasteiger charge is 2.07. The number of fused-ring (bicyclic) bond motifs is 1. The normalized spacial score (nSPS) is 10.7. The molecule has 5 heteroatoms. The Kier molecular flexibility index (Phi) is 3.81. The molecule has 0 saturated heterocycles. The van der Waals surface area contributed by atoms with Gasteiger partial charge in [0, 0.05) is 40.3 Å². The first-order chi connectivity index (χ1) is 8.24. The van der Waals surface area contributed by atoms with Crippen LogP contribution >= 0.6 is 15.9 Å². The van der Waals surface area contributed by atoms with Crippen LogP contribution in [0.5, 0.6) is 0 Å². The second kappa shape index (κ2) is 5.33. The van der Waals surface area contributed by atoms with Crippen molar-refractivity contribution in [2.75, 3.05) is 24.2 Å². The van der Waals surface area contributed by atoms with E-state index in [9.17, 15) is 0 Å². The molecule has 1 heterocycles. The van der Waals surface area contributed by atoms with Crippen LogP contribution in [-0.2, 0) is 0 Å². The maximum Gasteiger partial charge on any atom is 0.135 e. The molecule has 17 heavy (non-hydrogen) atoms. The molecule has 0 aliphatic rings. The summed E-state index contributed by atoms with van der Waals surface area (Å²) in [6.07, 6.45) is 2.43. The van der Waals surface area contributed by atoms with Gasteiger partial charge in [-0.05, 0) is 24.6 Å². The number of halogens is 1. The predicted molar refractivity (Wildman–Crippen MR) is 74.0 cm³/mol. The molecule has 0 fully saturated rings. The van der Waals surface area contributed by atoms with Crippen LogP contribution in [0.25, 0.3) is 10.8 Å². The molecular formula is C12H14BrN3O. The third-order valence-electron chi connectivity index (χ3n) is 2.53. The zero-order valence-corrected chi connectivity index (χ0v) is 10.9. The highest BCUT2D eigenvalue weighted by Crippen LogP contribution is 2.32. The highest BCUT2D eigenvalue weighted by molar-refractivity contribution is 9.10. The Morgan fingerprint density at radius 1 is 1.35 bits per heavy atom. The molecule has 0 aliphatic carbocycles. The summed E-state index contributed by atoms with van der Waals surface area (Å²) in [6.45, 7) is 0.839. The number of aliphatic hydroxyl groups excluding tert-OH is 1. The van der Waals surface area contributed by atoms with Crippen molar-refractivity contribution in [3.63, 3.8) is 0 Å². The van der Waals surface area contributed by atoms with Crippen molar-refractivity contribution < 1.29 is 5.11 Å². The number of aromatic nitrogens is 1. The lowest BCUT2D eigenvalue weighted by Crippen LogP contribution is -2.06. The Labute approximate surface area is 108 Å². The van der Waals surface area contributed by atoms with E-state index in [-0.39, 0.29) is 6.61 Å². The van der Waals surface area contributed by atoms with Gasteiger partial charge in [-0.1, -0.05) is 15.9 Å². The number of nitrogen functional groups attached to an aromatic ring is 1. The number of rotatable bonds is 4. The summed E-state index contributed by atoms with van der Waals surface area (Å²) in [6, 6.07) is 5.70. The monoisotopic (exact) mass is 295 g/mol. The lowest BCUT2D eigenvalue weighted by atomic mass is 10.1. The first-order valence-corrected chi connectivity index (χ1v) is 6.20. The molecule has 0 saturated carbocycles. The van der Waals surface area contributed by atoms with Crippen molar-refractivity contribution in [3.8, 4) is 0 Å². The van der Waals surface area contributed by atoms with E-state index in [1.807, 2.05) is 18.2 Å². The molecule has 0 radical (unpaired) electrons. The Morgan fingerprint density at radius 2 is 2.18 bits per heavy atom. The summed E-state index contributed by atoms with van der Waals surface area (Å²) in [5.41, 5.74) is 6.68. The SMILES string of the molecule is Nc1ccc(Br)c2ccnc(NCCCO)c12. The van der Waals surface area contributed by atoms with Gasteiger partial charge in [-0.15, -0.1) is 0 Å². The van der Waals surface area contributed by atoms with Crippen molar-refractivity contribution in [1.82, 2.24) is 4.98 Å². The third kappa shape index (κ3) is 2.50. The average molecular weight is 296 g/mol. The number of benzene rings is 1. The van der Waals surface area contributed by atoms with Crippen LogP contribution in [0.1, 0.15) is 6.42 Å². The van der Waals surface area contributed by atoms with E-state index in [1.165, 1.54) is 0 Å². The lowest BCUT2D eigenvalue weighted by Gasteiger charge is -2.11. The van der Waals surface area contributed by atoms with Crippen molar-refractivity contribution in [2.45, 2.75) is 6.42 Å². The topological polar surface area (TPSA) is 71.2 Å². The molecule has 0 atom stereocenters. The first-order valence-electron chi connectivity index (χ1n) is 5.41. The fraction of sp³-hybridized carbons (Fsp3) is 0.250. The van der Waals surface area contributed by atoms with Crippen molar-refractivity contribution >= 4 is 38.2 Å². The van der Waals surface area contributed by atoms with Gasteiger partial charge in [0.25, 0.3) is 0 Å². The third-order valence-corrected chi connectivity index (χ3v) is 3.23. The number of aliphatic hydroxyl groups is 1. The quantitative estimate of drug-likeness (QED) is 0.598. The Morgan fingerprint density at radius 3 is 2.94 bits per heavy atom. The molecule has 1 aromatic heterocycles. The predicted octanol–water partition coefficient (Wildman–Crippen LogP) is 2.37. The van der Waals surface area contributed by atoms with Crippen molar-refractivity contribution in [2.24, 2.45) is 0 Å². The average Bonchev–Trinajstić information content (AvgIpc) is 2.34. The largest absolute Gasteiger partial charge is 0.398 e. The minimum Gasteiger partial charge on any atom is -0.398 e. The van der Waals surface area contributed by atoms with Crippen LogP contribution in [0, 0.1) is 0 Å². The number of anilines is 2. The zero-order chi connectivity index (χ0) is 12.3. The molecule has 2 aromatic rings. The summed E-state index contributed by atoms with van der Waals surface area (Å²) in [5, 5.41) is 13.9. The standard InChI is InChI=1S/C12H14BrN3O/c13-9-2-3-10(14)11-8(9)4-6-16-12(11)15-5-1-7-17/h2-4,6,17H,1,5,7,14H2,(H,15,16). The number of nitrogens with zero attached hydrogens (tertiary/aromatic N) is 1. The van der Waals surface area contributed by atoms with Crippen LogP contribution in [0.3, 0.4) is 0 Å². The number of pyridine rings is 1. The van der Waals surface area contributed by atoms with Gasteiger partial charge in [0.05, 0.1) is 0 Å². The minimum absolute atomic E-state index is 0.164. The summed E-state index contributed by atoms with van der Waals surface area (Å²) in [7, 11) is 0. The molecule has 4 N–H and O–H groups in total. The molecule has 1 aromatic carbocycles. The Hall–Kier alpha value is -1.33. The van der Waals surface area contributed by atoms with Crippen LogP contribution in [0.4, 0.5) is 11.5 Å². The molecule has 90 valence electrons. The van der Waals surface area contributed by atoms with Crippen molar-refractivity contribution in [3.05, 3.63) is 28.9 Å². The van der Waals surface area contributed by atoms with Crippen LogP contribution in [-0.4, -0.2) is 23.2 Å². The number of hydrogen-bond acceptors (Lipinski definition) is 4. The number of nitrogens with two attached hydrogens (primary N) is 1. The van der Waals surface area contributed by atoms with Gasteiger partial charge in [0.2, 0.25) is 0 Å². The van der Waals surface area contributed by atoms with E-state index in [4.69, 9.17) is 10.8 Å². The molecular weight excluding hydrogens is 282 g/mol. The molecule has 0 unspecified atom stereocenters. The second-order valence-electron chi connectivity index (χ2n) is 3.72. The highest BCUT2D eigenvalue weighted by atomic mass is 79.9. The maximum absolute atomic E-state index is 8.76. The fourth-order valence-corrected chi connectivity index (χ4v) is 2.17. The van der Waals surface area contributed by atoms with E-state index in [1.54, 1.807) is 6.20 Å². The number of nitrogens with one attached hydrogen (secondary N) is 1. The van der Waals surface area contributed by atoms with Gasteiger partial charge in [-0.2, -0.15) is 0 Å². The van der Waals surface area contributed by atoms with Crippen LogP contribution in [0.15, 0.2) is 28.9 Å². The first kappa shape index (κ1) is 12.1. The van der Waals surface area contributed by atoms with E-state index in [0.717, 1.165) is 21.1 Å². The summed E-state index contributed by atoms with van der Waals surface area (Å²) in [5.74, 6) is 0.759. The van der Waals surface area contributed by atoms with Gasteiger partial charge in [0.1, 0.15) is 5.82 Å². The molecule has 4 nitrogen and oxygen atoms in total. The number of hydrogen-bond donors (Lipinski definition) is 3. The van der Waals surface area contributed by atoms with E-state index in [2.05, 4.69) is 26.2 Å². The molecule has 0 aliphatic heterocycles. The van der Waals surface area contributed by atoms with Gasteiger partial charge in [-0.25, -0.2) is 4.98 Å². The van der Waals surface area contributed by atoms with Crippen LogP contribution < -0.4 is 11.1 Å². The lowest BCUT2D eigenvalue weighted by molar-refractivity contribution is 0.292. The van der Waals surface area contributed by atoms with E-state index < -0.39 is 0 Å². The van der Waals surface area contributed by atoms with Gasteiger partial charge < -0.3 is 16.2 Å². The smallest absolute Gasteiger partial charge is 0.135 e. The van der Waals surface area contributed by atoms with Crippen molar-refractivity contribution in [1.29, 1.82) is 0 Å². The van der Waals surface area contributed by atoms with Gasteiger partial charge in [0.15, 0.2) is 0 Å². The maximum atomic E-state index is 8.76. The van der Waals surface area contributed by atoms with E-state index in [0.29, 0.717) is 18.7 Å². The Bertz CT molecular complexity index is 530. The summed E-state index contributed by atoms with van der Waals surface area (Å²) >= 11 is 3.50. The van der Waals surface area contributed by atoms with Crippen LogP contribution in [0.2, 0.25) is 0 Å².